The van der Waals surface area contributed by atoms with E-state index in [1.54, 1.807) is 4.90 Å². The van der Waals surface area contributed by atoms with Gasteiger partial charge in [0.2, 0.25) is 0 Å². The summed E-state index contributed by atoms with van der Waals surface area (Å²) in [5.74, 6) is -2.07. The number of fused-ring (bicyclic) bond motifs is 1. The van der Waals surface area contributed by atoms with Crippen LogP contribution in [0.1, 0.15) is 42.4 Å². The van der Waals surface area contributed by atoms with Crippen molar-refractivity contribution in [2.45, 2.75) is 68.9 Å². The zero-order chi connectivity index (χ0) is 38.0. The number of rotatable bonds is 7. The Hall–Kier alpha value is -4.28. The summed E-state index contributed by atoms with van der Waals surface area (Å²) in [7, 11) is 2.02. The van der Waals surface area contributed by atoms with Crippen molar-refractivity contribution in [1.29, 1.82) is 0 Å². The maximum absolute atomic E-state index is 14.2. The minimum atomic E-state index is -4.85. The zero-order valence-electron chi connectivity index (χ0n) is 29.5. The highest BCUT2D eigenvalue weighted by atomic mass is 35.5. The third-order valence-corrected chi connectivity index (χ3v) is 11.2. The van der Waals surface area contributed by atoms with Gasteiger partial charge in [-0.25, -0.2) is 14.4 Å². The molecule has 4 aliphatic heterocycles. The van der Waals surface area contributed by atoms with Crippen molar-refractivity contribution < 1.29 is 42.2 Å². The van der Waals surface area contributed by atoms with Crippen LogP contribution in [-0.2, 0) is 33.3 Å². The molecule has 0 bridgehead atoms. The number of nitrogens with zero attached hydrogens (tertiary/aromatic N) is 5. The number of carbonyl (C=O) groups is 4. The van der Waals surface area contributed by atoms with E-state index < -0.39 is 54.0 Å². The minimum absolute atomic E-state index is 0.0274. The van der Waals surface area contributed by atoms with Crippen LogP contribution in [0.2, 0.25) is 5.02 Å². The lowest BCUT2D eigenvalue weighted by atomic mass is 9.99. The molecule has 288 valence electrons. The Morgan fingerprint density at radius 2 is 1.68 bits per heavy atom. The standard InChI is InChI=1S/C36H45ClF3N7O6/c1-43-11-7-24(8-12-43)45-16-17-47(29(21-45)33(49)50)32(48)30(20-22-18-26(36(38,39)40)31(41)27(37)19-22)53-35(52)44-13-9-25(10-14-44)46-15-6-23-4-2-3-5-28(23)42-34(46)51/h2-5,18-19,24-25,29-30H,6-17,20-21,41H2,1H3,(H,42,51)(H,49,50). The topological polar surface area (TPSA) is 152 Å². The van der Waals surface area contributed by atoms with Crippen LogP contribution in [-0.4, -0.2) is 137 Å². The van der Waals surface area contributed by atoms with Crippen LogP contribution in [0.4, 0.5) is 34.1 Å². The molecule has 0 radical (unpaired) electrons. The number of amides is 4. The molecular formula is C36H45ClF3N7O6. The molecule has 2 aromatic carbocycles. The maximum atomic E-state index is 14.2. The van der Waals surface area contributed by atoms with Gasteiger partial charge in [0.25, 0.3) is 5.91 Å². The summed E-state index contributed by atoms with van der Waals surface area (Å²) in [6.07, 6.45) is -4.66. The summed E-state index contributed by atoms with van der Waals surface area (Å²) in [6.45, 7) is 3.08. The molecule has 0 saturated carbocycles. The first-order valence-corrected chi connectivity index (χ1v) is 18.3. The molecule has 2 aromatic rings. The van der Waals surface area contributed by atoms with Gasteiger partial charge < -0.3 is 40.5 Å². The summed E-state index contributed by atoms with van der Waals surface area (Å²) in [6, 6.07) is 8.02. The number of hydrogen-bond acceptors (Lipinski definition) is 8. The first-order chi connectivity index (χ1) is 25.2. The molecule has 17 heteroatoms. The number of para-hydroxylation sites is 1. The largest absolute Gasteiger partial charge is 0.480 e. The number of urea groups is 1. The van der Waals surface area contributed by atoms with Gasteiger partial charge in [-0.05, 0) is 81.6 Å². The minimum Gasteiger partial charge on any atom is -0.480 e. The third-order valence-electron chi connectivity index (χ3n) is 10.9. The average Bonchev–Trinajstić information content (AvgIpc) is 3.30. The Morgan fingerprint density at radius 1 is 1.00 bits per heavy atom. The summed E-state index contributed by atoms with van der Waals surface area (Å²) < 4.78 is 47.4. The monoisotopic (exact) mass is 763 g/mol. The molecule has 2 unspecified atom stereocenters. The molecule has 2 atom stereocenters. The number of hydrogen-bond donors (Lipinski definition) is 3. The van der Waals surface area contributed by atoms with E-state index in [9.17, 15) is 37.5 Å². The van der Waals surface area contributed by atoms with Crippen LogP contribution < -0.4 is 11.1 Å². The average molecular weight is 764 g/mol. The van der Waals surface area contributed by atoms with Crippen molar-refractivity contribution >= 4 is 47.0 Å². The molecule has 0 aliphatic carbocycles. The lowest BCUT2D eigenvalue weighted by molar-refractivity contribution is -0.159. The molecule has 53 heavy (non-hydrogen) atoms. The normalized spacial score (nSPS) is 21.8. The highest BCUT2D eigenvalue weighted by molar-refractivity contribution is 6.33. The number of carboxylic acids is 1. The number of piperidine rings is 2. The fourth-order valence-electron chi connectivity index (χ4n) is 7.87. The summed E-state index contributed by atoms with van der Waals surface area (Å²) in [5, 5.41) is 12.8. The second kappa shape index (κ2) is 16.0. The van der Waals surface area contributed by atoms with Gasteiger partial charge in [-0.15, -0.1) is 0 Å². The second-order valence-corrected chi connectivity index (χ2v) is 14.7. The second-order valence-electron chi connectivity index (χ2n) is 14.3. The Labute approximate surface area is 310 Å². The van der Waals surface area contributed by atoms with Crippen LogP contribution in [0.15, 0.2) is 36.4 Å². The first-order valence-electron chi connectivity index (χ1n) is 17.9. The number of nitrogens with two attached hydrogens (primary N) is 1. The third kappa shape index (κ3) is 8.76. The maximum Gasteiger partial charge on any atom is 0.418 e. The van der Waals surface area contributed by atoms with E-state index >= 15 is 0 Å². The van der Waals surface area contributed by atoms with Gasteiger partial charge in [-0.3, -0.25) is 9.69 Å². The molecule has 3 saturated heterocycles. The van der Waals surface area contributed by atoms with Crippen molar-refractivity contribution in [2.24, 2.45) is 0 Å². The van der Waals surface area contributed by atoms with Crippen molar-refractivity contribution in [1.82, 2.24) is 24.5 Å². The van der Waals surface area contributed by atoms with Crippen LogP contribution in [0.25, 0.3) is 0 Å². The summed E-state index contributed by atoms with van der Waals surface area (Å²) >= 11 is 6.10. The predicted octanol–water partition coefficient (Wildman–Crippen LogP) is 4.23. The number of aliphatic carboxylic acids is 1. The number of halogens is 4. The molecule has 3 fully saturated rings. The van der Waals surface area contributed by atoms with Gasteiger partial charge in [0.15, 0.2) is 6.10 Å². The molecule has 13 nitrogen and oxygen atoms in total. The number of carboxylic acid groups (broad SMARTS) is 1. The number of carbonyl (C=O) groups excluding carboxylic acids is 3. The zero-order valence-corrected chi connectivity index (χ0v) is 30.2. The van der Waals surface area contributed by atoms with Crippen molar-refractivity contribution in [3.05, 3.63) is 58.1 Å². The smallest absolute Gasteiger partial charge is 0.418 e. The molecule has 4 amide bonds. The van der Waals surface area contributed by atoms with E-state index in [1.807, 2.05) is 31.3 Å². The molecular weight excluding hydrogens is 719 g/mol. The Balaban J connectivity index is 1.17. The lowest BCUT2D eigenvalue weighted by Crippen LogP contribution is -2.63. The number of nitrogens with one attached hydrogen (secondary N) is 1. The van der Waals surface area contributed by atoms with Crippen molar-refractivity contribution in [3.8, 4) is 0 Å². The van der Waals surface area contributed by atoms with Gasteiger partial charge in [0.05, 0.1) is 16.3 Å². The summed E-state index contributed by atoms with van der Waals surface area (Å²) in [4.78, 5) is 62.1. The summed E-state index contributed by atoms with van der Waals surface area (Å²) in [5.41, 5.74) is 5.49. The first kappa shape index (κ1) is 38.4. The fraction of sp³-hybridized carbons (Fsp3) is 0.556. The van der Waals surface area contributed by atoms with Gasteiger partial charge in [0.1, 0.15) is 6.04 Å². The Morgan fingerprint density at radius 3 is 2.36 bits per heavy atom. The number of nitrogen functional groups attached to an aromatic ring is 1. The molecule has 6 rings (SSSR count). The molecule has 4 aliphatic rings. The number of likely N-dealkylation sites (tertiary alicyclic amines) is 2. The van der Waals surface area contributed by atoms with E-state index in [0.29, 0.717) is 32.4 Å². The molecule has 0 spiro atoms. The van der Waals surface area contributed by atoms with E-state index in [0.717, 1.165) is 48.1 Å². The number of piperazine rings is 1. The van der Waals surface area contributed by atoms with E-state index in [4.69, 9.17) is 22.1 Å². The SMILES string of the molecule is CN1CCC(N2CCN(C(=O)C(Cc3cc(Cl)c(N)c(C(F)(F)F)c3)OC(=O)N3CCC(N4CCc5ccccc5NC4=O)CC3)C(C(=O)O)C2)CC1. The quantitative estimate of drug-likeness (QED) is 0.352. The van der Waals surface area contributed by atoms with Crippen molar-refractivity contribution in [3.63, 3.8) is 0 Å². The predicted molar refractivity (Wildman–Crippen MR) is 191 cm³/mol. The van der Waals surface area contributed by atoms with Gasteiger partial charge >= 0.3 is 24.3 Å². The van der Waals surface area contributed by atoms with E-state index in [2.05, 4.69) is 15.1 Å². The number of alkyl halides is 3. The highest BCUT2D eigenvalue weighted by Crippen LogP contribution is 2.38. The lowest BCUT2D eigenvalue weighted by Gasteiger charge is -2.45. The number of benzene rings is 2. The number of anilines is 2. The van der Waals surface area contributed by atoms with Crippen molar-refractivity contribution in [2.75, 3.05) is 70.5 Å². The van der Waals surface area contributed by atoms with Crippen LogP contribution in [0, 0.1) is 0 Å². The van der Waals surface area contributed by atoms with Gasteiger partial charge in [-0.1, -0.05) is 29.8 Å². The molecule has 4 N–H and O–H groups in total. The van der Waals surface area contributed by atoms with Crippen LogP contribution in [0.5, 0.6) is 0 Å². The highest BCUT2D eigenvalue weighted by Gasteiger charge is 2.43. The Kier molecular flexibility index (Phi) is 11.6. The van der Waals surface area contributed by atoms with E-state index in [-0.39, 0.29) is 54.9 Å². The van der Waals surface area contributed by atoms with Gasteiger partial charge in [-0.2, -0.15) is 13.2 Å². The fourth-order valence-corrected chi connectivity index (χ4v) is 8.11. The Bertz CT molecular complexity index is 1700. The van der Waals surface area contributed by atoms with Crippen LogP contribution >= 0.6 is 11.6 Å². The van der Waals surface area contributed by atoms with Gasteiger partial charge in [0, 0.05) is 63.5 Å². The molecule has 0 aromatic heterocycles. The molecule has 4 heterocycles. The van der Waals surface area contributed by atoms with E-state index in [1.165, 1.54) is 11.0 Å². The van der Waals surface area contributed by atoms with Crippen LogP contribution in [0.3, 0.4) is 0 Å². The number of ether oxygens (including phenoxy) is 1.